The van der Waals surface area contributed by atoms with Crippen LogP contribution < -0.4 is 16.8 Å². The van der Waals surface area contributed by atoms with Crippen molar-refractivity contribution in [2.75, 3.05) is 26.2 Å². The van der Waals surface area contributed by atoms with Crippen LogP contribution in [0.2, 0.25) is 0 Å². The lowest BCUT2D eigenvalue weighted by atomic mass is 9.73. The molecule has 0 aliphatic carbocycles. The summed E-state index contributed by atoms with van der Waals surface area (Å²) in [7, 11) is 0. The van der Waals surface area contributed by atoms with Gasteiger partial charge in [-0.2, -0.15) is 0 Å². The van der Waals surface area contributed by atoms with Gasteiger partial charge in [0.25, 0.3) is 0 Å². The van der Waals surface area contributed by atoms with E-state index in [1.807, 2.05) is 13.8 Å². The van der Waals surface area contributed by atoms with Gasteiger partial charge in [0.2, 0.25) is 11.8 Å². The lowest BCUT2D eigenvalue weighted by molar-refractivity contribution is -0.160. The maximum absolute atomic E-state index is 12.9. The van der Waals surface area contributed by atoms with Crippen LogP contribution in [0.4, 0.5) is 0 Å². The van der Waals surface area contributed by atoms with Gasteiger partial charge in [-0.15, -0.1) is 11.8 Å². The molecule has 3 fully saturated rings. The van der Waals surface area contributed by atoms with Crippen LogP contribution in [0.25, 0.3) is 0 Å². The standard InChI is InChI=1S/C22H33N5O5S/c1-10(5-13(28)7-23)16-17-11(2)19(18(22(31)32)27(17)21(16)30)33-14-6-15(25-8-14)20(29)26-4-3-12(24)9-26/h10-12,14-17,25H,3-9,23-24H2,1-2H3,(H,31,32)/t10?,11-,12?,14?,15?,16-,17-/m1/s1. The smallest absolute Gasteiger partial charge is 0.353 e. The Bertz CT molecular complexity index is 894. The number of nitrogens with one attached hydrogen (secondary N) is 1. The number of aliphatic carboxylic acids is 1. The third-order valence-electron chi connectivity index (χ3n) is 7.40. The normalized spacial score (nSPS) is 34.5. The topological polar surface area (TPSA) is 159 Å². The molecule has 0 spiro atoms. The van der Waals surface area contributed by atoms with E-state index >= 15 is 0 Å². The van der Waals surface area contributed by atoms with Gasteiger partial charge in [-0.3, -0.25) is 14.4 Å². The lowest BCUT2D eigenvalue weighted by Crippen LogP contribution is -2.62. The van der Waals surface area contributed by atoms with Crippen LogP contribution in [0.15, 0.2) is 10.6 Å². The van der Waals surface area contributed by atoms with Gasteiger partial charge in [0.15, 0.2) is 0 Å². The van der Waals surface area contributed by atoms with Crippen molar-refractivity contribution in [1.29, 1.82) is 0 Å². The van der Waals surface area contributed by atoms with Crippen molar-refractivity contribution in [2.24, 2.45) is 29.2 Å². The highest BCUT2D eigenvalue weighted by molar-refractivity contribution is 8.03. The largest absolute Gasteiger partial charge is 0.477 e. The molecule has 0 aromatic rings. The molecule has 10 nitrogen and oxygen atoms in total. The van der Waals surface area contributed by atoms with Crippen LogP contribution in [0.5, 0.6) is 0 Å². The van der Waals surface area contributed by atoms with E-state index in [0.29, 0.717) is 31.0 Å². The first kappa shape index (κ1) is 24.2. The molecule has 0 radical (unpaired) electrons. The van der Waals surface area contributed by atoms with Gasteiger partial charge in [0.1, 0.15) is 11.5 Å². The highest BCUT2D eigenvalue weighted by Crippen LogP contribution is 2.53. The minimum Gasteiger partial charge on any atom is -0.477 e. The summed E-state index contributed by atoms with van der Waals surface area (Å²) in [6.07, 6.45) is 1.62. The molecule has 6 N–H and O–H groups in total. The summed E-state index contributed by atoms with van der Waals surface area (Å²) in [5, 5.41) is 13.2. The first-order chi connectivity index (χ1) is 15.6. The molecular weight excluding hydrogens is 446 g/mol. The Morgan fingerprint density at radius 2 is 2.06 bits per heavy atom. The van der Waals surface area contributed by atoms with Gasteiger partial charge >= 0.3 is 5.97 Å². The van der Waals surface area contributed by atoms with Crippen molar-refractivity contribution < 1.29 is 24.3 Å². The van der Waals surface area contributed by atoms with Crippen LogP contribution in [0.3, 0.4) is 0 Å². The maximum Gasteiger partial charge on any atom is 0.353 e. The minimum atomic E-state index is -1.12. The Morgan fingerprint density at radius 3 is 2.67 bits per heavy atom. The summed E-state index contributed by atoms with van der Waals surface area (Å²) in [5.74, 6) is -2.14. The molecule has 0 bridgehead atoms. The molecule has 2 amide bonds. The number of thioether (sulfide) groups is 1. The molecule has 0 saturated carbocycles. The highest BCUT2D eigenvalue weighted by Gasteiger charge is 2.60. The average molecular weight is 480 g/mol. The van der Waals surface area contributed by atoms with Crippen LogP contribution in [-0.2, 0) is 19.2 Å². The molecule has 7 atom stereocenters. The zero-order valence-corrected chi connectivity index (χ0v) is 19.8. The molecule has 4 aliphatic rings. The number of hydrogen-bond acceptors (Lipinski definition) is 8. The number of carboxylic acid groups (broad SMARTS) is 1. The fraction of sp³-hybridized carbons (Fsp3) is 0.727. The Hall–Kier alpha value is -1.95. The molecule has 4 rings (SSSR count). The fourth-order valence-electron chi connectivity index (χ4n) is 5.70. The maximum atomic E-state index is 12.9. The second-order valence-corrected chi connectivity index (χ2v) is 11.1. The monoisotopic (exact) mass is 479 g/mol. The SMILES string of the molecule is CC(CC(=O)CN)[C@H]1C(=O)N2C(C(=O)O)=C(SC3CNC(C(=O)N4CCC(N)C4)C3)[C@H](C)[C@H]12. The highest BCUT2D eigenvalue weighted by atomic mass is 32.2. The number of rotatable bonds is 8. The zero-order chi connectivity index (χ0) is 24.0. The Labute approximate surface area is 197 Å². The number of Topliss-reactive ketones (excluding diaryl/α,β-unsaturated/α-hetero) is 1. The first-order valence-corrected chi connectivity index (χ1v) is 12.5. The fourth-order valence-corrected chi connectivity index (χ4v) is 7.18. The van der Waals surface area contributed by atoms with E-state index in [4.69, 9.17) is 11.5 Å². The average Bonchev–Trinajstić information content (AvgIpc) is 3.46. The number of nitrogens with zero attached hydrogens (tertiary/aromatic N) is 2. The van der Waals surface area contributed by atoms with E-state index in [-0.39, 0.29) is 71.5 Å². The van der Waals surface area contributed by atoms with E-state index in [1.165, 1.54) is 16.7 Å². The van der Waals surface area contributed by atoms with Crippen LogP contribution >= 0.6 is 11.8 Å². The molecule has 11 heteroatoms. The predicted octanol–water partition coefficient (Wildman–Crippen LogP) is -0.663. The first-order valence-electron chi connectivity index (χ1n) is 11.6. The quantitative estimate of drug-likeness (QED) is 0.331. The number of nitrogens with two attached hydrogens (primary N) is 2. The minimum absolute atomic E-state index is 0.0284. The third kappa shape index (κ3) is 4.31. The van der Waals surface area contributed by atoms with E-state index < -0.39 is 11.9 Å². The van der Waals surface area contributed by atoms with Crippen molar-refractivity contribution >= 4 is 35.3 Å². The van der Waals surface area contributed by atoms with Crippen LogP contribution in [-0.4, -0.2) is 88.0 Å². The van der Waals surface area contributed by atoms with Gasteiger partial charge in [0, 0.05) is 48.2 Å². The second-order valence-electron chi connectivity index (χ2n) is 9.72. The molecule has 3 saturated heterocycles. The molecule has 0 aromatic carbocycles. The van der Waals surface area contributed by atoms with Gasteiger partial charge in [-0.25, -0.2) is 4.79 Å². The molecule has 4 unspecified atom stereocenters. The summed E-state index contributed by atoms with van der Waals surface area (Å²) < 4.78 is 0. The molecular formula is C22H33N5O5S. The summed E-state index contributed by atoms with van der Waals surface area (Å²) in [6.45, 7) is 5.58. The van der Waals surface area contributed by atoms with Gasteiger partial charge < -0.3 is 31.7 Å². The van der Waals surface area contributed by atoms with Gasteiger partial charge in [0.05, 0.1) is 24.5 Å². The summed E-state index contributed by atoms with van der Waals surface area (Å²) in [4.78, 5) is 53.5. The second kappa shape index (κ2) is 9.36. The van der Waals surface area contributed by atoms with Crippen molar-refractivity contribution in [3.05, 3.63) is 10.6 Å². The van der Waals surface area contributed by atoms with E-state index in [2.05, 4.69) is 5.32 Å². The van der Waals surface area contributed by atoms with Crippen LogP contribution in [0, 0.1) is 17.8 Å². The number of carbonyl (C=O) groups is 4. The number of hydrogen-bond donors (Lipinski definition) is 4. The van der Waals surface area contributed by atoms with Gasteiger partial charge in [-0.1, -0.05) is 13.8 Å². The van der Waals surface area contributed by atoms with Gasteiger partial charge in [-0.05, 0) is 18.8 Å². The summed E-state index contributed by atoms with van der Waals surface area (Å²) >= 11 is 1.47. The molecule has 182 valence electrons. The molecule has 4 heterocycles. The number of ketones is 1. The molecule has 4 aliphatic heterocycles. The molecule has 0 aromatic heterocycles. The van der Waals surface area contributed by atoms with Crippen molar-refractivity contribution in [3.8, 4) is 0 Å². The van der Waals surface area contributed by atoms with Crippen molar-refractivity contribution in [2.45, 2.75) is 56.5 Å². The van der Waals surface area contributed by atoms with E-state index in [1.54, 1.807) is 4.90 Å². The Kier molecular flexibility index (Phi) is 6.86. The number of likely N-dealkylation sites (tertiary alicyclic amines) is 1. The van der Waals surface area contributed by atoms with Crippen molar-refractivity contribution in [3.63, 3.8) is 0 Å². The predicted molar refractivity (Wildman–Crippen MR) is 123 cm³/mol. The number of amides is 2. The summed E-state index contributed by atoms with van der Waals surface area (Å²) in [5.41, 5.74) is 11.4. The number of β-lactam (4-membered cyclic amide) rings is 1. The van der Waals surface area contributed by atoms with E-state index in [0.717, 1.165) is 6.42 Å². The Morgan fingerprint density at radius 1 is 1.33 bits per heavy atom. The molecule has 33 heavy (non-hydrogen) atoms. The number of fused-ring (bicyclic) bond motifs is 1. The zero-order valence-electron chi connectivity index (χ0n) is 19.0. The number of carbonyl (C=O) groups excluding carboxylic acids is 3. The van der Waals surface area contributed by atoms with E-state index in [9.17, 15) is 24.3 Å². The lowest BCUT2D eigenvalue weighted by Gasteiger charge is -2.47. The number of carboxylic acids is 1. The Balaban J connectivity index is 1.44. The summed E-state index contributed by atoms with van der Waals surface area (Å²) in [6, 6.07) is -0.530. The van der Waals surface area contributed by atoms with Crippen LogP contribution in [0.1, 0.15) is 33.1 Å². The van der Waals surface area contributed by atoms with Crippen molar-refractivity contribution in [1.82, 2.24) is 15.1 Å². The third-order valence-corrected chi connectivity index (χ3v) is 8.91.